The van der Waals surface area contributed by atoms with Gasteiger partial charge >= 0.3 is 0 Å². The van der Waals surface area contributed by atoms with Crippen LogP contribution >= 0.6 is 0 Å². The molecule has 1 spiro atoms. The maximum Gasteiger partial charge on any atom is 0.0309 e. The lowest BCUT2D eigenvalue weighted by Gasteiger charge is -2.53. The Morgan fingerprint density at radius 1 is 1.19 bits per heavy atom. The van der Waals surface area contributed by atoms with Gasteiger partial charge in [0.1, 0.15) is 0 Å². The van der Waals surface area contributed by atoms with Crippen molar-refractivity contribution in [3.63, 3.8) is 0 Å². The summed E-state index contributed by atoms with van der Waals surface area (Å²) in [5.41, 5.74) is 0.807. The maximum absolute atomic E-state index is 3.98. The molecule has 0 aromatic heterocycles. The van der Waals surface area contributed by atoms with Gasteiger partial charge in [0.25, 0.3) is 0 Å². The van der Waals surface area contributed by atoms with Crippen LogP contribution < -0.4 is 5.32 Å². The first-order valence-electron chi connectivity index (χ1n) is 9.35. The maximum atomic E-state index is 3.98. The van der Waals surface area contributed by atoms with Gasteiger partial charge in [-0.05, 0) is 30.6 Å². The van der Waals surface area contributed by atoms with E-state index in [-0.39, 0.29) is 0 Å². The highest BCUT2D eigenvalue weighted by Gasteiger charge is 2.43. The second kappa shape index (κ2) is 7.00. The fourth-order valence-electron chi connectivity index (χ4n) is 4.59. The third-order valence-electron chi connectivity index (χ3n) is 5.75. The minimum absolute atomic E-state index is 0.370. The summed E-state index contributed by atoms with van der Waals surface area (Å²) in [6.07, 6.45) is 9.76. The van der Waals surface area contributed by atoms with Crippen molar-refractivity contribution in [3.05, 3.63) is 0 Å². The molecular formula is C19H38N2. The molecule has 1 heterocycles. The van der Waals surface area contributed by atoms with Crippen LogP contribution in [0.4, 0.5) is 0 Å². The van der Waals surface area contributed by atoms with Gasteiger partial charge in [0.2, 0.25) is 0 Å². The van der Waals surface area contributed by atoms with Crippen LogP contribution in [0.25, 0.3) is 0 Å². The average Bonchev–Trinajstić information content (AvgIpc) is 2.38. The lowest BCUT2D eigenvalue weighted by molar-refractivity contribution is -0.0000997. The van der Waals surface area contributed by atoms with Crippen LogP contribution in [0.1, 0.15) is 79.6 Å². The van der Waals surface area contributed by atoms with E-state index in [4.69, 9.17) is 0 Å². The van der Waals surface area contributed by atoms with E-state index in [1.807, 2.05) is 0 Å². The van der Waals surface area contributed by atoms with Gasteiger partial charge in [-0.2, -0.15) is 0 Å². The molecule has 2 aliphatic rings. The summed E-state index contributed by atoms with van der Waals surface area (Å²) in [5, 5.41) is 3.98. The van der Waals surface area contributed by atoms with E-state index in [1.165, 1.54) is 64.6 Å². The molecule has 2 nitrogen and oxygen atoms in total. The number of hydrogen-bond acceptors (Lipinski definition) is 2. The number of hydrogen-bond donors (Lipinski definition) is 1. The van der Waals surface area contributed by atoms with Crippen LogP contribution in [-0.4, -0.2) is 36.1 Å². The molecule has 0 aromatic carbocycles. The number of nitrogens with zero attached hydrogens (tertiary/aromatic N) is 1. The smallest absolute Gasteiger partial charge is 0.0309 e. The molecule has 1 saturated heterocycles. The van der Waals surface area contributed by atoms with Crippen molar-refractivity contribution in [2.45, 2.75) is 91.1 Å². The summed E-state index contributed by atoms with van der Waals surface area (Å²) in [4.78, 5) is 2.85. The summed E-state index contributed by atoms with van der Waals surface area (Å²) in [6.45, 7) is 15.8. The molecule has 1 N–H and O–H groups in total. The Balaban J connectivity index is 2.07. The fraction of sp³-hybridized carbons (Fsp3) is 1.00. The first-order chi connectivity index (χ1) is 9.86. The van der Waals surface area contributed by atoms with Gasteiger partial charge in [0, 0.05) is 31.2 Å². The highest BCUT2D eigenvalue weighted by molar-refractivity contribution is 5.02. The van der Waals surface area contributed by atoms with Gasteiger partial charge < -0.3 is 5.32 Å². The van der Waals surface area contributed by atoms with Crippen molar-refractivity contribution in [1.82, 2.24) is 10.2 Å². The van der Waals surface area contributed by atoms with Crippen LogP contribution in [0.2, 0.25) is 0 Å². The lowest BCUT2D eigenvalue weighted by Crippen LogP contribution is -2.67. The Morgan fingerprint density at radius 3 is 2.43 bits per heavy atom. The van der Waals surface area contributed by atoms with Crippen molar-refractivity contribution in [3.8, 4) is 0 Å². The molecule has 0 amide bonds. The van der Waals surface area contributed by atoms with Crippen molar-refractivity contribution in [2.75, 3.05) is 19.6 Å². The van der Waals surface area contributed by atoms with Gasteiger partial charge in [-0.25, -0.2) is 0 Å². The van der Waals surface area contributed by atoms with E-state index in [1.54, 1.807) is 0 Å². The fourth-order valence-corrected chi connectivity index (χ4v) is 4.59. The van der Waals surface area contributed by atoms with Crippen molar-refractivity contribution in [2.24, 2.45) is 11.3 Å². The van der Waals surface area contributed by atoms with E-state index in [0.29, 0.717) is 17.0 Å². The number of rotatable bonds is 4. The van der Waals surface area contributed by atoms with E-state index in [9.17, 15) is 0 Å². The minimum atomic E-state index is 0.370. The zero-order valence-corrected chi connectivity index (χ0v) is 15.2. The summed E-state index contributed by atoms with van der Waals surface area (Å²) in [5.74, 6) is 0.832. The predicted octanol–water partition coefficient (Wildman–Crippen LogP) is 4.45. The van der Waals surface area contributed by atoms with E-state index in [0.717, 1.165) is 5.92 Å². The topological polar surface area (TPSA) is 15.3 Å². The summed E-state index contributed by atoms with van der Waals surface area (Å²) in [6, 6.07) is 0.685. The average molecular weight is 295 g/mol. The first kappa shape index (κ1) is 17.3. The zero-order chi connectivity index (χ0) is 15.5. The van der Waals surface area contributed by atoms with Gasteiger partial charge in [-0.1, -0.05) is 60.3 Å². The minimum Gasteiger partial charge on any atom is -0.308 e. The Hall–Kier alpha value is -0.0800. The van der Waals surface area contributed by atoms with Crippen molar-refractivity contribution < 1.29 is 0 Å². The molecule has 2 rings (SSSR count). The molecule has 0 radical (unpaired) electrons. The predicted molar refractivity (Wildman–Crippen MR) is 92.7 cm³/mol. The first-order valence-corrected chi connectivity index (χ1v) is 9.35. The van der Waals surface area contributed by atoms with Gasteiger partial charge in [0.05, 0.1) is 0 Å². The molecule has 2 heteroatoms. The molecule has 1 aliphatic carbocycles. The van der Waals surface area contributed by atoms with Gasteiger partial charge in [0.15, 0.2) is 0 Å². The molecule has 21 heavy (non-hydrogen) atoms. The standard InChI is InChI=1S/C19H38N2/c1-6-10-16(2)14-21-15-19(11-8-7-9-12-19)20-13-17(21)18(3,4)5/h16-17,20H,6-15H2,1-5H3. The Kier molecular flexibility index (Phi) is 5.76. The summed E-state index contributed by atoms with van der Waals surface area (Å²) in [7, 11) is 0. The van der Waals surface area contributed by atoms with Gasteiger partial charge in [-0.15, -0.1) is 0 Å². The molecule has 2 unspecified atom stereocenters. The Morgan fingerprint density at radius 2 is 1.86 bits per heavy atom. The summed E-state index contributed by atoms with van der Waals surface area (Å²) < 4.78 is 0. The van der Waals surface area contributed by atoms with Crippen LogP contribution in [0.15, 0.2) is 0 Å². The molecule has 1 aliphatic heterocycles. The third-order valence-corrected chi connectivity index (χ3v) is 5.75. The molecule has 0 bridgehead atoms. The molecule has 0 aromatic rings. The Bertz CT molecular complexity index is 312. The molecule has 124 valence electrons. The molecular weight excluding hydrogens is 256 g/mol. The van der Waals surface area contributed by atoms with Gasteiger partial charge in [-0.3, -0.25) is 4.90 Å². The van der Waals surface area contributed by atoms with Crippen LogP contribution in [0.3, 0.4) is 0 Å². The van der Waals surface area contributed by atoms with Crippen LogP contribution in [0.5, 0.6) is 0 Å². The monoisotopic (exact) mass is 294 g/mol. The number of piperazine rings is 1. The SMILES string of the molecule is CCCC(C)CN1CC2(CCCCC2)NCC1C(C)(C)C. The highest BCUT2D eigenvalue weighted by atomic mass is 15.3. The molecule has 2 atom stereocenters. The largest absolute Gasteiger partial charge is 0.308 e. The number of nitrogens with one attached hydrogen (secondary N) is 1. The van der Waals surface area contributed by atoms with Crippen molar-refractivity contribution in [1.29, 1.82) is 0 Å². The second-order valence-electron chi connectivity index (χ2n) is 8.93. The van der Waals surface area contributed by atoms with E-state index in [2.05, 4.69) is 44.8 Å². The normalized spacial score (nSPS) is 28.7. The van der Waals surface area contributed by atoms with E-state index < -0.39 is 0 Å². The van der Waals surface area contributed by atoms with Crippen LogP contribution in [-0.2, 0) is 0 Å². The second-order valence-corrected chi connectivity index (χ2v) is 8.93. The van der Waals surface area contributed by atoms with E-state index >= 15 is 0 Å². The molecule has 2 fully saturated rings. The molecule has 1 saturated carbocycles. The lowest BCUT2D eigenvalue weighted by atomic mass is 9.75. The zero-order valence-electron chi connectivity index (χ0n) is 15.2. The Labute approximate surface area is 133 Å². The van der Waals surface area contributed by atoms with Crippen LogP contribution in [0, 0.1) is 11.3 Å². The quantitative estimate of drug-likeness (QED) is 0.824. The summed E-state index contributed by atoms with van der Waals surface area (Å²) >= 11 is 0. The third kappa shape index (κ3) is 4.45. The highest BCUT2D eigenvalue weighted by Crippen LogP contribution is 2.36. The van der Waals surface area contributed by atoms with Crippen molar-refractivity contribution >= 4 is 0 Å².